The number of rotatable bonds is 42. The van der Waals surface area contributed by atoms with E-state index in [1.54, 1.807) is 0 Å². The Morgan fingerprint density at radius 2 is 0.818 bits per heavy atom. The number of hydrogen-bond donors (Lipinski definition) is 1. The molecule has 0 radical (unpaired) electrons. The molecule has 0 amide bonds. The minimum absolute atomic E-state index is 0.0176. The van der Waals surface area contributed by atoms with E-state index < -0.39 is 18.1 Å². The van der Waals surface area contributed by atoms with Gasteiger partial charge in [0.15, 0.2) is 12.1 Å². The van der Waals surface area contributed by atoms with Crippen LogP contribution in [-0.4, -0.2) is 80.6 Å². The standard InChI is InChI=1S/C58H89NO7/c1-6-8-10-12-14-16-18-20-22-24-26-28-29-31-33-35-37-39-41-43-45-47-49-57(61)66-54(52-64-51-50-55(58(62)63)59(3,4)5)53-65-56(60)48-46-44-42-40-38-36-34-32-30-27-25-23-21-19-17-15-13-11-9-7-2/h8-11,14-17,20-23,26-28,30-31,33-34,36-37,39-40,42,54-55H,6-7,12-13,18-19,24-25,29,32,35,38,41,43-53H2,1-5H3/p+1/b10-8+,11-9+,16-14+,17-15+,22-20+,23-21+,28-26+,30-27+,33-31+,36-34+,39-37+,42-40+. The van der Waals surface area contributed by atoms with E-state index >= 15 is 0 Å². The maximum atomic E-state index is 12.8. The minimum atomic E-state index is -0.896. The van der Waals surface area contributed by atoms with Gasteiger partial charge in [0.2, 0.25) is 0 Å². The lowest BCUT2D eigenvalue weighted by Crippen LogP contribution is -2.50. The monoisotopic (exact) mass is 913 g/mol. The molecule has 0 aliphatic rings. The van der Waals surface area contributed by atoms with E-state index in [9.17, 15) is 19.5 Å². The van der Waals surface area contributed by atoms with E-state index in [2.05, 4.69) is 160 Å². The molecule has 0 aromatic rings. The summed E-state index contributed by atoms with van der Waals surface area (Å²) < 4.78 is 17.2. The van der Waals surface area contributed by atoms with Crippen molar-refractivity contribution in [3.05, 3.63) is 146 Å². The smallest absolute Gasteiger partial charge is 0.362 e. The van der Waals surface area contributed by atoms with Crippen LogP contribution in [0.3, 0.4) is 0 Å². The lowest BCUT2D eigenvalue weighted by atomic mass is 10.1. The fourth-order valence-corrected chi connectivity index (χ4v) is 6.22. The number of nitrogens with zero attached hydrogens (tertiary/aromatic N) is 1. The van der Waals surface area contributed by atoms with Crippen molar-refractivity contribution in [1.29, 1.82) is 0 Å². The lowest BCUT2D eigenvalue weighted by Gasteiger charge is -2.31. The maximum absolute atomic E-state index is 12.8. The van der Waals surface area contributed by atoms with Crippen molar-refractivity contribution >= 4 is 17.9 Å². The van der Waals surface area contributed by atoms with Crippen LogP contribution in [0.4, 0.5) is 0 Å². The van der Waals surface area contributed by atoms with Gasteiger partial charge in [-0.15, -0.1) is 0 Å². The highest BCUT2D eigenvalue weighted by atomic mass is 16.6. The molecule has 0 heterocycles. The molecule has 2 unspecified atom stereocenters. The Kier molecular flexibility index (Phi) is 43.3. The molecule has 0 spiro atoms. The molecule has 0 bridgehead atoms. The van der Waals surface area contributed by atoms with Crippen LogP contribution in [0.15, 0.2) is 146 Å². The molecule has 0 aliphatic carbocycles. The fourth-order valence-electron chi connectivity index (χ4n) is 6.22. The zero-order valence-corrected chi connectivity index (χ0v) is 41.8. The third-order valence-electron chi connectivity index (χ3n) is 9.98. The molecule has 0 saturated heterocycles. The van der Waals surface area contributed by atoms with Crippen molar-refractivity contribution < 1.29 is 38.2 Å². The highest BCUT2D eigenvalue weighted by Crippen LogP contribution is 2.11. The Balaban J connectivity index is 4.48. The van der Waals surface area contributed by atoms with Gasteiger partial charge in [0.05, 0.1) is 34.4 Å². The van der Waals surface area contributed by atoms with Crippen molar-refractivity contribution in [3.8, 4) is 0 Å². The molecule has 0 rings (SSSR count). The number of ether oxygens (including phenoxy) is 3. The van der Waals surface area contributed by atoms with Gasteiger partial charge in [-0.3, -0.25) is 9.59 Å². The number of carboxylic acid groups (broad SMARTS) is 1. The number of likely N-dealkylation sites (N-methyl/N-ethyl adjacent to an activating group) is 1. The molecular formula is C58H90NO7+. The van der Waals surface area contributed by atoms with E-state index in [4.69, 9.17) is 14.2 Å². The van der Waals surface area contributed by atoms with Crippen molar-refractivity contribution in [1.82, 2.24) is 0 Å². The van der Waals surface area contributed by atoms with Crippen molar-refractivity contribution in [2.75, 3.05) is 41.0 Å². The van der Waals surface area contributed by atoms with Gasteiger partial charge in [-0.25, -0.2) is 4.79 Å². The van der Waals surface area contributed by atoms with Gasteiger partial charge in [0.25, 0.3) is 0 Å². The number of hydrogen-bond acceptors (Lipinski definition) is 6. The number of esters is 2. The van der Waals surface area contributed by atoms with Crippen molar-refractivity contribution in [2.45, 2.75) is 161 Å². The van der Waals surface area contributed by atoms with Gasteiger partial charge in [0.1, 0.15) is 6.61 Å². The first-order chi connectivity index (χ1) is 32.1. The zero-order chi connectivity index (χ0) is 48.4. The highest BCUT2D eigenvalue weighted by molar-refractivity contribution is 5.72. The van der Waals surface area contributed by atoms with Crippen LogP contribution in [-0.2, 0) is 28.6 Å². The van der Waals surface area contributed by atoms with Crippen LogP contribution in [0.5, 0.6) is 0 Å². The molecule has 0 fully saturated rings. The summed E-state index contributed by atoms with van der Waals surface area (Å²) in [6.07, 6.45) is 69.0. The average molecular weight is 913 g/mol. The number of aliphatic carboxylic acids is 1. The second-order valence-corrected chi connectivity index (χ2v) is 17.0. The summed E-state index contributed by atoms with van der Waals surface area (Å²) in [6, 6.07) is -0.641. The largest absolute Gasteiger partial charge is 0.477 e. The number of unbranched alkanes of at least 4 members (excludes halogenated alkanes) is 4. The SMILES string of the molecule is CC/C=C/C/C=C/C/C=C/C/C=C/C/C=C/C/C=C/CCCCCC(=O)OC(COCCC(C(=O)O)[N+](C)(C)C)COC(=O)CCC/C=C/C/C=C/C/C=C/C/C=C/C/C=C/C/C=C/CC. The Labute approximate surface area is 402 Å². The third-order valence-corrected chi connectivity index (χ3v) is 9.98. The first-order valence-electron chi connectivity index (χ1n) is 24.9. The first-order valence-corrected chi connectivity index (χ1v) is 24.9. The molecule has 0 saturated carbocycles. The van der Waals surface area contributed by atoms with E-state index in [1.165, 1.54) is 0 Å². The van der Waals surface area contributed by atoms with Crippen LogP contribution in [0.1, 0.15) is 149 Å². The molecule has 8 nitrogen and oxygen atoms in total. The molecular weight excluding hydrogens is 823 g/mol. The molecule has 0 aliphatic heterocycles. The lowest BCUT2D eigenvalue weighted by molar-refractivity contribution is -0.887. The van der Waals surface area contributed by atoms with Crippen molar-refractivity contribution in [3.63, 3.8) is 0 Å². The van der Waals surface area contributed by atoms with E-state index in [1.807, 2.05) is 21.1 Å². The average Bonchev–Trinajstić information content (AvgIpc) is 3.28. The number of carbonyl (C=O) groups excluding carboxylic acids is 2. The maximum Gasteiger partial charge on any atom is 0.362 e. The first kappa shape index (κ1) is 61.2. The second kappa shape index (κ2) is 46.7. The highest BCUT2D eigenvalue weighted by Gasteiger charge is 2.31. The molecule has 0 aromatic heterocycles. The predicted octanol–water partition coefficient (Wildman–Crippen LogP) is 14.5. The molecule has 2 atom stereocenters. The predicted molar refractivity (Wildman–Crippen MR) is 279 cm³/mol. The summed E-state index contributed by atoms with van der Waals surface area (Å²) >= 11 is 0. The van der Waals surface area contributed by atoms with E-state index in [0.717, 1.165) is 103 Å². The molecule has 0 aromatic carbocycles. The summed E-state index contributed by atoms with van der Waals surface area (Å²) in [5.41, 5.74) is 0. The van der Waals surface area contributed by atoms with Crippen LogP contribution in [0.2, 0.25) is 0 Å². The Hall–Kier alpha value is -4.79. The topological polar surface area (TPSA) is 99.1 Å². The van der Waals surface area contributed by atoms with Crippen LogP contribution < -0.4 is 0 Å². The van der Waals surface area contributed by atoms with Gasteiger partial charge in [0, 0.05) is 19.3 Å². The van der Waals surface area contributed by atoms with Crippen molar-refractivity contribution in [2.24, 2.45) is 0 Å². The van der Waals surface area contributed by atoms with E-state index in [0.29, 0.717) is 19.3 Å². The summed E-state index contributed by atoms with van der Waals surface area (Å²) in [5.74, 6) is -1.61. The van der Waals surface area contributed by atoms with Crippen LogP contribution in [0.25, 0.3) is 0 Å². The minimum Gasteiger partial charge on any atom is -0.477 e. The number of allylic oxidation sites excluding steroid dienone is 24. The summed E-state index contributed by atoms with van der Waals surface area (Å²) in [5, 5.41) is 9.65. The quantitative estimate of drug-likeness (QED) is 0.0282. The number of carbonyl (C=O) groups is 3. The van der Waals surface area contributed by atoms with Gasteiger partial charge >= 0.3 is 17.9 Å². The Morgan fingerprint density at radius 1 is 0.455 bits per heavy atom. The summed E-state index contributed by atoms with van der Waals surface area (Å²) in [4.78, 5) is 37.1. The normalized spacial score (nSPS) is 14.1. The Morgan fingerprint density at radius 3 is 1.20 bits per heavy atom. The van der Waals surface area contributed by atoms with Gasteiger partial charge in [-0.2, -0.15) is 0 Å². The van der Waals surface area contributed by atoms with Crippen LogP contribution >= 0.6 is 0 Å². The van der Waals surface area contributed by atoms with Gasteiger partial charge < -0.3 is 23.8 Å². The summed E-state index contributed by atoms with van der Waals surface area (Å²) in [7, 11) is 5.48. The fraction of sp³-hybridized carbons (Fsp3) is 0.534. The third kappa shape index (κ3) is 44.4. The van der Waals surface area contributed by atoms with Crippen LogP contribution in [0, 0.1) is 0 Å². The zero-order valence-electron chi connectivity index (χ0n) is 41.8. The number of quaternary nitrogens is 1. The summed E-state index contributed by atoms with van der Waals surface area (Å²) in [6.45, 7) is 4.38. The van der Waals surface area contributed by atoms with E-state index in [-0.39, 0.29) is 49.1 Å². The van der Waals surface area contributed by atoms with Gasteiger partial charge in [-0.05, 0) is 109 Å². The number of carboxylic acids is 1. The molecule has 66 heavy (non-hydrogen) atoms. The second-order valence-electron chi connectivity index (χ2n) is 17.0. The van der Waals surface area contributed by atoms with Gasteiger partial charge in [-0.1, -0.05) is 166 Å². The molecule has 368 valence electrons. The molecule has 1 N–H and O–H groups in total. The molecule has 8 heteroatoms. The Bertz CT molecular complexity index is 1580.